The molecule has 5 nitrogen and oxygen atoms in total. The summed E-state index contributed by atoms with van der Waals surface area (Å²) in [5.41, 5.74) is 2.88. The zero-order valence-corrected chi connectivity index (χ0v) is 15.1. The Morgan fingerprint density at radius 1 is 1.26 bits per heavy atom. The van der Waals surface area contributed by atoms with Crippen LogP contribution in [0, 0.1) is 12.7 Å². The summed E-state index contributed by atoms with van der Waals surface area (Å²) >= 11 is 0. The van der Waals surface area contributed by atoms with Crippen molar-refractivity contribution in [3.8, 4) is 0 Å². The fourth-order valence-corrected chi connectivity index (χ4v) is 3.61. The first kappa shape index (κ1) is 17.7. The smallest absolute Gasteiger partial charge is 0.411 e. The molecule has 140 valence electrons. The van der Waals surface area contributed by atoms with E-state index in [1.165, 1.54) is 6.07 Å². The van der Waals surface area contributed by atoms with E-state index in [4.69, 9.17) is 9.47 Å². The van der Waals surface area contributed by atoms with Gasteiger partial charge in [0.15, 0.2) is 0 Å². The number of morpholine rings is 1. The minimum Gasteiger partial charge on any atom is -0.445 e. The van der Waals surface area contributed by atoms with Crippen molar-refractivity contribution >= 4 is 11.7 Å². The third-order valence-corrected chi connectivity index (χ3v) is 4.90. The van der Waals surface area contributed by atoms with E-state index in [-0.39, 0.29) is 30.6 Å². The summed E-state index contributed by atoms with van der Waals surface area (Å²) in [5.74, 6) is -0.342. The molecule has 1 fully saturated rings. The Hall–Kier alpha value is -2.73. The van der Waals surface area contributed by atoms with Crippen LogP contribution in [0.2, 0.25) is 0 Å². The van der Waals surface area contributed by atoms with Gasteiger partial charge in [-0.3, -0.25) is 9.88 Å². The molecule has 1 amide bonds. The third kappa shape index (κ3) is 3.71. The molecule has 3 heterocycles. The minimum absolute atomic E-state index is 0.186. The molecule has 4 rings (SSSR count). The SMILES string of the molecule is Cc1ccc(F)c(C2=CC3COCC(C2)N3C(=O)OCc2ccccc2)n1. The molecule has 1 aromatic heterocycles. The normalized spacial score (nSPS) is 21.6. The largest absolute Gasteiger partial charge is 0.445 e. The predicted molar refractivity (Wildman–Crippen MR) is 98.4 cm³/mol. The van der Waals surface area contributed by atoms with Crippen LogP contribution in [-0.2, 0) is 16.1 Å². The van der Waals surface area contributed by atoms with Crippen molar-refractivity contribution in [3.63, 3.8) is 0 Å². The van der Waals surface area contributed by atoms with Crippen molar-refractivity contribution in [1.29, 1.82) is 0 Å². The fraction of sp³-hybridized carbons (Fsp3) is 0.333. The quantitative estimate of drug-likeness (QED) is 0.829. The molecule has 1 aromatic carbocycles. The van der Waals surface area contributed by atoms with Crippen LogP contribution >= 0.6 is 0 Å². The van der Waals surface area contributed by atoms with Gasteiger partial charge in [-0.05, 0) is 36.6 Å². The van der Waals surface area contributed by atoms with Gasteiger partial charge in [-0.2, -0.15) is 0 Å². The second-order valence-electron chi connectivity index (χ2n) is 6.89. The number of rotatable bonds is 3. The molecule has 0 saturated carbocycles. The van der Waals surface area contributed by atoms with E-state index in [1.807, 2.05) is 43.3 Å². The molecule has 0 N–H and O–H groups in total. The van der Waals surface area contributed by atoms with E-state index in [2.05, 4.69) is 4.98 Å². The maximum Gasteiger partial charge on any atom is 0.411 e. The van der Waals surface area contributed by atoms with Gasteiger partial charge in [0.2, 0.25) is 0 Å². The average Bonchev–Trinajstić information content (AvgIpc) is 2.68. The first-order valence-electron chi connectivity index (χ1n) is 9.03. The van der Waals surface area contributed by atoms with Crippen LogP contribution < -0.4 is 0 Å². The lowest BCUT2D eigenvalue weighted by atomic mass is 9.92. The van der Waals surface area contributed by atoms with Gasteiger partial charge in [-0.25, -0.2) is 9.18 Å². The Labute approximate surface area is 157 Å². The van der Waals surface area contributed by atoms with Crippen molar-refractivity contribution in [1.82, 2.24) is 9.88 Å². The number of aromatic nitrogens is 1. The van der Waals surface area contributed by atoms with Crippen LogP contribution in [0.4, 0.5) is 9.18 Å². The molecule has 2 aromatic rings. The zero-order chi connectivity index (χ0) is 18.8. The molecule has 0 radical (unpaired) electrons. The van der Waals surface area contributed by atoms with Gasteiger partial charge in [0.05, 0.1) is 25.3 Å². The molecule has 27 heavy (non-hydrogen) atoms. The lowest BCUT2D eigenvalue weighted by Gasteiger charge is -2.43. The average molecular weight is 368 g/mol. The molecule has 0 spiro atoms. The number of fused-ring (bicyclic) bond motifs is 2. The predicted octanol–water partition coefficient (Wildman–Crippen LogP) is 3.72. The van der Waals surface area contributed by atoms with Gasteiger partial charge in [0.25, 0.3) is 0 Å². The Morgan fingerprint density at radius 3 is 2.85 bits per heavy atom. The van der Waals surface area contributed by atoms with E-state index in [9.17, 15) is 9.18 Å². The summed E-state index contributed by atoms with van der Waals surface area (Å²) in [6, 6.07) is 12.2. The zero-order valence-electron chi connectivity index (χ0n) is 15.1. The monoisotopic (exact) mass is 368 g/mol. The van der Waals surface area contributed by atoms with E-state index < -0.39 is 0 Å². The van der Waals surface area contributed by atoms with Crippen molar-refractivity contribution < 1.29 is 18.7 Å². The summed E-state index contributed by atoms with van der Waals surface area (Å²) < 4.78 is 25.4. The second-order valence-corrected chi connectivity index (χ2v) is 6.89. The number of hydrogen-bond acceptors (Lipinski definition) is 4. The van der Waals surface area contributed by atoms with Gasteiger partial charge in [0.1, 0.15) is 18.1 Å². The van der Waals surface area contributed by atoms with Gasteiger partial charge in [-0.15, -0.1) is 0 Å². The van der Waals surface area contributed by atoms with Gasteiger partial charge in [0, 0.05) is 5.69 Å². The molecule has 2 aliphatic rings. The highest BCUT2D eigenvalue weighted by atomic mass is 19.1. The first-order valence-corrected chi connectivity index (χ1v) is 9.03. The molecule has 2 atom stereocenters. The Bertz CT molecular complexity index is 869. The van der Waals surface area contributed by atoms with Gasteiger partial charge >= 0.3 is 6.09 Å². The van der Waals surface area contributed by atoms with Crippen molar-refractivity contribution in [3.05, 3.63) is 71.3 Å². The number of amides is 1. The van der Waals surface area contributed by atoms with Crippen LogP contribution in [0.5, 0.6) is 0 Å². The summed E-state index contributed by atoms with van der Waals surface area (Å²) in [6.45, 7) is 2.83. The number of halogens is 1. The molecular formula is C21H21FN2O3. The molecule has 0 aliphatic carbocycles. The van der Waals surface area contributed by atoms with Crippen LogP contribution in [0.25, 0.3) is 5.57 Å². The summed E-state index contributed by atoms with van der Waals surface area (Å²) in [6.07, 6.45) is 2.00. The Balaban J connectivity index is 1.53. The van der Waals surface area contributed by atoms with Crippen LogP contribution in [0.15, 0.2) is 48.5 Å². The van der Waals surface area contributed by atoms with Gasteiger partial charge < -0.3 is 9.47 Å². The fourth-order valence-electron chi connectivity index (χ4n) is 3.61. The van der Waals surface area contributed by atoms with Crippen molar-refractivity contribution in [2.24, 2.45) is 0 Å². The number of aryl methyl sites for hydroxylation is 1. The highest BCUT2D eigenvalue weighted by Crippen LogP contribution is 2.33. The van der Waals surface area contributed by atoms with E-state index in [1.54, 1.807) is 11.0 Å². The lowest BCUT2D eigenvalue weighted by molar-refractivity contribution is -0.0342. The van der Waals surface area contributed by atoms with Crippen LogP contribution in [-0.4, -0.2) is 41.3 Å². The topological polar surface area (TPSA) is 51.7 Å². The third-order valence-electron chi connectivity index (χ3n) is 4.90. The maximum atomic E-state index is 14.3. The number of pyridine rings is 1. The second kappa shape index (κ2) is 7.48. The Morgan fingerprint density at radius 2 is 2.07 bits per heavy atom. The molecule has 6 heteroatoms. The Kier molecular flexibility index (Phi) is 4.90. The number of ether oxygens (including phenoxy) is 2. The number of hydrogen-bond donors (Lipinski definition) is 0. The molecular weight excluding hydrogens is 347 g/mol. The van der Waals surface area contributed by atoms with Crippen molar-refractivity contribution in [2.75, 3.05) is 13.2 Å². The van der Waals surface area contributed by atoms with Crippen LogP contribution in [0.3, 0.4) is 0 Å². The first-order chi connectivity index (χ1) is 13.1. The van der Waals surface area contributed by atoms with Crippen LogP contribution in [0.1, 0.15) is 23.4 Å². The van der Waals surface area contributed by atoms with Crippen molar-refractivity contribution in [2.45, 2.75) is 32.0 Å². The summed E-state index contributed by atoms with van der Waals surface area (Å²) in [7, 11) is 0. The van der Waals surface area contributed by atoms with E-state index >= 15 is 0 Å². The lowest BCUT2D eigenvalue weighted by Crippen LogP contribution is -2.56. The van der Waals surface area contributed by atoms with E-state index in [0.29, 0.717) is 25.3 Å². The van der Waals surface area contributed by atoms with E-state index in [0.717, 1.165) is 16.8 Å². The molecule has 2 bridgehead atoms. The standard InChI is InChI=1S/C21H21FN2O3/c1-14-7-8-19(22)20(23-14)16-9-17-12-26-13-18(10-16)24(17)21(25)27-11-15-5-3-2-4-6-15/h2-9,17-18H,10-13H2,1H3. The maximum absolute atomic E-state index is 14.3. The summed E-state index contributed by atoms with van der Waals surface area (Å²) in [4.78, 5) is 18.7. The number of carbonyl (C=O) groups excluding carboxylic acids is 1. The number of nitrogens with zero attached hydrogens (tertiary/aromatic N) is 2. The molecule has 2 aliphatic heterocycles. The number of benzene rings is 1. The molecule has 1 saturated heterocycles. The highest BCUT2D eigenvalue weighted by molar-refractivity contribution is 5.73. The minimum atomic E-state index is -0.370. The summed E-state index contributed by atoms with van der Waals surface area (Å²) in [5, 5.41) is 0. The highest BCUT2D eigenvalue weighted by Gasteiger charge is 2.39. The molecule has 2 unspecified atom stereocenters. The number of carbonyl (C=O) groups is 1. The van der Waals surface area contributed by atoms with Gasteiger partial charge in [-0.1, -0.05) is 36.4 Å².